The number of nitrogens with zero attached hydrogens (tertiary/aromatic N) is 5. The number of epoxide rings is 1. The smallest absolute Gasteiger partial charge is 0.343 e. The molecule has 4 aromatic carbocycles. The molecule has 3 heterocycles. The van der Waals surface area contributed by atoms with Gasteiger partial charge in [0, 0.05) is 44.4 Å². The number of thiazole rings is 1. The molecule has 374 valence electrons. The van der Waals surface area contributed by atoms with E-state index in [0.29, 0.717) is 79.6 Å². The van der Waals surface area contributed by atoms with Crippen molar-refractivity contribution in [1.29, 1.82) is 0 Å². The number of halogens is 1. The number of carbonyl (C=O) groups excluding carboxylic acids is 3. The molecule has 2 aliphatic carbocycles. The summed E-state index contributed by atoms with van der Waals surface area (Å²) in [7, 11) is 0. The van der Waals surface area contributed by atoms with E-state index < -0.39 is 23.7 Å². The summed E-state index contributed by atoms with van der Waals surface area (Å²) in [5, 5.41) is 8.64. The number of pyridine rings is 1. The Morgan fingerprint density at radius 3 is 2.38 bits per heavy atom. The van der Waals surface area contributed by atoms with Crippen LogP contribution in [0, 0.1) is 24.2 Å². The van der Waals surface area contributed by atoms with Crippen LogP contribution in [-0.2, 0) is 14.2 Å². The van der Waals surface area contributed by atoms with E-state index in [-0.39, 0.29) is 39.9 Å². The highest BCUT2D eigenvalue weighted by atomic mass is 32.1. The number of hydrazone groups is 1. The zero-order chi connectivity index (χ0) is 49.8. The second-order valence-electron chi connectivity index (χ2n) is 18.7. The Balaban J connectivity index is 0.846. The summed E-state index contributed by atoms with van der Waals surface area (Å²) in [6, 6.07) is 22.3. The summed E-state index contributed by atoms with van der Waals surface area (Å²) >= 11 is 1.35. The third-order valence-corrected chi connectivity index (χ3v) is 14.4. The Bertz CT molecular complexity index is 2920. The van der Waals surface area contributed by atoms with E-state index in [4.69, 9.17) is 45.1 Å². The SMILES string of the molecule is [C-]#[N+]CCCCN(/N=C/c1cc(C(=O)OC2CCC(CCC)CC2)ccc1OC(=O)c1ccc(OC(=O)c2ccc3cc(OCCCOCC4CCC5OC5C4)ccc3c2)c(F)c1)c1nc2cccnc2s1. The number of unbranched alkanes of at least 4 members (excludes halogenated alkanes) is 1. The molecule has 3 fully saturated rings. The fourth-order valence-corrected chi connectivity index (χ4v) is 10.3. The number of ether oxygens (including phenoxy) is 6. The lowest BCUT2D eigenvalue weighted by molar-refractivity contribution is 0.0161. The van der Waals surface area contributed by atoms with Crippen molar-refractivity contribution in [2.24, 2.45) is 16.9 Å². The van der Waals surface area contributed by atoms with Gasteiger partial charge in [0.2, 0.25) is 11.7 Å². The Kier molecular flexibility index (Phi) is 16.8. The maximum absolute atomic E-state index is 15.7. The molecular weight excluding hydrogens is 938 g/mol. The van der Waals surface area contributed by atoms with Gasteiger partial charge in [-0.25, -0.2) is 40.3 Å². The number of aromatic nitrogens is 2. The van der Waals surface area contributed by atoms with Crippen LogP contribution in [0.2, 0.25) is 0 Å². The van der Waals surface area contributed by atoms with Crippen LogP contribution in [0.5, 0.6) is 17.2 Å². The van der Waals surface area contributed by atoms with E-state index in [9.17, 15) is 14.4 Å². The second kappa shape index (κ2) is 24.1. The minimum atomic E-state index is -0.950. The number of hydrogen-bond donors (Lipinski definition) is 0. The van der Waals surface area contributed by atoms with E-state index >= 15 is 4.39 Å². The van der Waals surface area contributed by atoms with Gasteiger partial charge in [-0.15, -0.1) is 0 Å². The molecule has 6 aromatic rings. The third-order valence-electron chi connectivity index (χ3n) is 13.4. The fraction of sp³-hybridized carbons (Fsp3) is 0.411. The van der Waals surface area contributed by atoms with Gasteiger partial charge >= 0.3 is 17.9 Å². The van der Waals surface area contributed by atoms with Crippen LogP contribution in [0.1, 0.15) is 121 Å². The van der Waals surface area contributed by atoms with Crippen molar-refractivity contribution in [1.82, 2.24) is 9.97 Å². The molecule has 0 spiro atoms. The second-order valence-corrected chi connectivity index (χ2v) is 19.6. The van der Waals surface area contributed by atoms with Crippen LogP contribution in [0.15, 0.2) is 96.2 Å². The topological polar surface area (TPSA) is 156 Å². The average molecular weight is 996 g/mol. The molecular formula is C56H58FN5O9S. The van der Waals surface area contributed by atoms with Crippen LogP contribution in [0.3, 0.4) is 0 Å². The molecule has 72 heavy (non-hydrogen) atoms. The molecule has 0 N–H and O–H groups in total. The summed E-state index contributed by atoms with van der Waals surface area (Å²) in [6.45, 7) is 12.1. The Morgan fingerprint density at radius 2 is 1.58 bits per heavy atom. The first kappa shape index (κ1) is 50.2. The van der Waals surface area contributed by atoms with Crippen LogP contribution in [-0.4, -0.2) is 85.3 Å². The molecule has 16 heteroatoms. The van der Waals surface area contributed by atoms with E-state index in [0.717, 1.165) is 92.5 Å². The number of fused-ring (bicyclic) bond motifs is 3. The van der Waals surface area contributed by atoms with Gasteiger partial charge in [0.1, 0.15) is 28.0 Å². The minimum Gasteiger partial charge on any atom is -0.493 e. The lowest BCUT2D eigenvalue weighted by atomic mass is 9.85. The van der Waals surface area contributed by atoms with Gasteiger partial charge < -0.3 is 33.3 Å². The summed E-state index contributed by atoms with van der Waals surface area (Å²) < 4.78 is 50.4. The van der Waals surface area contributed by atoms with Gasteiger partial charge in [-0.1, -0.05) is 43.2 Å². The fourth-order valence-electron chi connectivity index (χ4n) is 9.40. The summed E-state index contributed by atoms with van der Waals surface area (Å²) in [4.78, 5) is 53.9. The van der Waals surface area contributed by atoms with Crippen LogP contribution in [0.4, 0.5) is 9.52 Å². The highest BCUT2D eigenvalue weighted by Gasteiger charge is 2.43. The Hall–Kier alpha value is -6.80. The average Bonchev–Trinajstić information content (AvgIpc) is 4.05. The normalized spacial score (nSPS) is 19.4. The van der Waals surface area contributed by atoms with Crippen LogP contribution < -0.4 is 19.2 Å². The first-order chi connectivity index (χ1) is 35.2. The van der Waals surface area contributed by atoms with Gasteiger partial charge in [-0.2, -0.15) is 5.10 Å². The molecule has 3 aliphatic rings. The summed E-state index contributed by atoms with van der Waals surface area (Å²) in [5.41, 5.74) is 1.28. The minimum absolute atomic E-state index is 0.0484. The van der Waals surface area contributed by atoms with Crippen molar-refractivity contribution >= 4 is 61.7 Å². The van der Waals surface area contributed by atoms with Crippen molar-refractivity contribution in [3.8, 4) is 17.2 Å². The van der Waals surface area contributed by atoms with Gasteiger partial charge in [-0.3, -0.25) is 0 Å². The molecule has 2 aromatic heterocycles. The Morgan fingerprint density at radius 1 is 0.833 bits per heavy atom. The monoisotopic (exact) mass is 995 g/mol. The number of benzene rings is 4. The highest BCUT2D eigenvalue weighted by Crippen LogP contribution is 2.39. The lowest BCUT2D eigenvalue weighted by Crippen LogP contribution is -2.24. The molecule has 9 rings (SSSR count). The molecule has 14 nitrogen and oxygen atoms in total. The first-order valence-corrected chi connectivity index (χ1v) is 25.9. The number of hydrogen-bond acceptors (Lipinski definition) is 14. The maximum atomic E-state index is 15.7. The van der Waals surface area contributed by atoms with Gasteiger partial charge in [0.05, 0.1) is 41.7 Å². The van der Waals surface area contributed by atoms with E-state index in [2.05, 4.69) is 16.8 Å². The largest absolute Gasteiger partial charge is 0.493 e. The number of rotatable bonds is 22. The Labute approximate surface area is 422 Å². The van der Waals surface area contributed by atoms with Crippen molar-refractivity contribution in [2.75, 3.05) is 37.9 Å². The predicted octanol–water partition coefficient (Wildman–Crippen LogP) is 11.8. The zero-order valence-electron chi connectivity index (χ0n) is 40.3. The molecule has 0 radical (unpaired) electrons. The first-order valence-electron chi connectivity index (χ1n) is 25.0. The van der Waals surface area contributed by atoms with Gasteiger partial charge in [0.15, 0.2) is 11.6 Å². The van der Waals surface area contributed by atoms with E-state index in [1.54, 1.807) is 41.5 Å². The lowest BCUT2D eigenvalue weighted by Gasteiger charge is -2.28. The molecule has 3 atom stereocenters. The molecule has 3 unspecified atom stereocenters. The zero-order valence-corrected chi connectivity index (χ0v) is 41.2. The van der Waals surface area contributed by atoms with Gasteiger partial charge in [-0.05, 0) is 147 Å². The van der Waals surface area contributed by atoms with Crippen molar-refractivity contribution in [2.45, 2.75) is 102 Å². The summed E-state index contributed by atoms with van der Waals surface area (Å²) in [6.07, 6.45) is 15.3. The van der Waals surface area contributed by atoms with Crippen LogP contribution in [0.25, 0.3) is 26.0 Å². The van der Waals surface area contributed by atoms with Crippen molar-refractivity contribution < 1.29 is 47.2 Å². The third kappa shape index (κ3) is 13.2. The summed E-state index contributed by atoms with van der Waals surface area (Å²) in [5.74, 6) is -1.54. The van der Waals surface area contributed by atoms with Gasteiger partial charge in [0.25, 0.3) is 0 Å². The quantitative estimate of drug-likeness (QED) is 0.0121. The molecule has 0 bridgehead atoms. The standard InChI is InChI=1S/C56H58FN5O9S/c1-3-8-36-10-18-44(19-11-36)68-53(63)41-16-22-48(43(31-41)34-60-62(26-5-4-24-58-2)56-61-47-9-6-25-59-52(47)72-56)70-55(65)42-17-23-49(46(57)33-42)71-54(64)40-14-13-39-32-45(20-15-38(39)30-40)67-28-7-27-66-35-37-12-21-50-51(29-37)69-50/h6,9,13-17,20,22-23,25,30-34,36-37,44,50-51H,3-5,7-8,10-12,18-19,21,24,26-29,35H2,1H3/b60-34+. The number of carbonyl (C=O) groups is 3. The van der Waals surface area contributed by atoms with Crippen molar-refractivity contribution in [3.63, 3.8) is 0 Å². The number of esters is 3. The molecule has 0 amide bonds. The molecule has 2 saturated carbocycles. The van der Waals surface area contributed by atoms with Crippen LogP contribution >= 0.6 is 11.3 Å². The molecule has 1 saturated heterocycles. The maximum Gasteiger partial charge on any atom is 0.343 e. The number of anilines is 1. The van der Waals surface area contributed by atoms with E-state index in [1.165, 1.54) is 41.8 Å². The van der Waals surface area contributed by atoms with E-state index in [1.807, 2.05) is 24.3 Å². The highest BCUT2D eigenvalue weighted by molar-refractivity contribution is 7.21. The predicted molar refractivity (Wildman–Crippen MR) is 273 cm³/mol. The van der Waals surface area contributed by atoms with Crippen molar-refractivity contribution in [3.05, 3.63) is 131 Å². The molecule has 1 aliphatic heterocycles.